The zero-order valence-corrected chi connectivity index (χ0v) is 19.3. The average Bonchev–Trinajstić information content (AvgIpc) is 3.33. The van der Waals surface area contributed by atoms with Crippen molar-refractivity contribution < 1.29 is 14.3 Å². The Labute approximate surface area is 191 Å². The molecule has 1 aliphatic carbocycles. The van der Waals surface area contributed by atoms with E-state index in [1.54, 1.807) is 20.2 Å². The van der Waals surface area contributed by atoms with Crippen LogP contribution < -0.4 is 14.8 Å². The highest BCUT2D eigenvalue weighted by Gasteiger charge is 2.29. The van der Waals surface area contributed by atoms with Crippen LogP contribution in [0.5, 0.6) is 11.5 Å². The van der Waals surface area contributed by atoms with E-state index >= 15 is 0 Å². The lowest BCUT2D eigenvalue weighted by molar-refractivity contribution is -0.120. The molecule has 1 unspecified atom stereocenters. The molecule has 0 bridgehead atoms. The molecule has 0 spiro atoms. The summed E-state index contributed by atoms with van der Waals surface area (Å²) >= 11 is 0. The predicted molar refractivity (Wildman–Crippen MR) is 125 cm³/mol. The highest BCUT2D eigenvalue weighted by Crippen LogP contribution is 2.34. The van der Waals surface area contributed by atoms with Gasteiger partial charge in [-0.1, -0.05) is 12.1 Å². The summed E-state index contributed by atoms with van der Waals surface area (Å²) in [5.41, 5.74) is 2.19. The van der Waals surface area contributed by atoms with Gasteiger partial charge in [0.05, 0.1) is 24.9 Å². The van der Waals surface area contributed by atoms with Crippen LogP contribution >= 0.6 is 0 Å². The minimum Gasteiger partial charge on any atom is -0.493 e. The van der Waals surface area contributed by atoms with Crippen LogP contribution in [0.1, 0.15) is 62.7 Å². The minimum atomic E-state index is -0.0250. The Balaban J connectivity index is 1.35. The van der Waals surface area contributed by atoms with Gasteiger partial charge in [0.25, 0.3) is 0 Å². The quantitative estimate of drug-likeness (QED) is 0.659. The number of rotatable bonds is 8. The number of carbonyl (C=O) groups excluding carboxylic acids is 1. The highest BCUT2D eigenvalue weighted by molar-refractivity contribution is 5.73. The van der Waals surface area contributed by atoms with Gasteiger partial charge in [0.1, 0.15) is 0 Å². The molecule has 2 fully saturated rings. The van der Waals surface area contributed by atoms with Crippen LogP contribution in [0.15, 0.2) is 42.6 Å². The fourth-order valence-electron chi connectivity index (χ4n) is 5.01. The van der Waals surface area contributed by atoms with Crippen molar-refractivity contribution in [2.45, 2.75) is 64.1 Å². The molecule has 6 heteroatoms. The minimum absolute atomic E-state index is 0.00455. The molecule has 1 saturated heterocycles. The average molecular weight is 438 g/mol. The van der Waals surface area contributed by atoms with E-state index in [4.69, 9.17) is 9.47 Å². The van der Waals surface area contributed by atoms with Crippen LogP contribution in [0.2, 0.25) is 0 Å². The lowest BCUT2D eigenvalue weighted by Crippen LogP contribution is -2.40. The second kappa shape index (κ2) is 10.8. The van der Waals surface area contributed by atoms with Gasteiger partial charge in [-0.2, -0.15) is 0 Å². The number of methoxy groups -OCH3 is 1. The van der Waals surface area contributed by atoms with Gasteiger partial charge in [0, 0.05) is 19.7 Å². The molecule has 2 aromatic rings. The first-order valence-corrected chi connectivity index (χ1v) is 11.9. The van der Waals surface area contributed by atoms with Crippen LogP contribution in [-0.4, -0.2) is 42.1 Å². The van der Waals surface area contributed by atoms with E-state index in [1.165, 1.54) is 18.4 Å². The molecule has 1 saturated carbocycles. The summed E-state index contributed by atoms with van der Waals surface area (Å²) in [7, 11) is 1.71. The fraction of sp³-hybridized carbons (Fsp3) is 0.538. The SMILES string of the molecule is COc1cc(CN2CCC(C(NC(C)=O)c3ccccn3)CC2)ccc1OC1CCCC1. The molecule has 6 nitrogen and oxygen atoms in total. The molecule has 0 radical (unpaired) electrons. The Bertz CT molecular complexity index is 875. The highest BCUT2D eigenvalue weighted by atomic mass is 16.5. The van der Waals surface area contributed by atoms with Crippen molar-refractivity contribution in [2.24, 2.45) is 5.92 Å². The number of aromatic nitrogens is 1. The molecular weight excluding hydrogens is 402 g/mol. The van der Waals surface area contributed by atoms with Gasteiger partial charge in [-0.25, -0.2) is 0 Å². The zero-order valence-electron chi connectivity index (χ0n) is 19.3. The molecule has 2 aliphatic rings. The topological polar surface area (TPSA) is 63.7 Å². The van der Waals surface area contributed by atoms with Crippen molar-refractivity contribution in [3.05, 3.63) is 53.9 Å². The summed E-state index contributed by atoms with van der Waals surface area (Å²) in [4.78, 5) is 18.8. The number of nitrogens with one attached hydrogen (secondary N) is 1. The number of ether oxygens (including phenoxy) is 2. The van der Waals surface area contributed by atoms with Gasteiger partial charge in [-0.15, -0.1) is 0 Å². The van der Waals surface area contributed by atoms with Crippen LogP contribution in [0.3, 0.4) is 0 Å². The summed E-state index contributed by atoms with van der Waals surface area (Å²) in [5, 5.41) is 3.13. The van der Waals surface area contributed by atoms with E-state index in [0.29, 0.717) is 12.0 Å². The zero-order chi connectivity index (χ0) is 22.3. The Hall–Kier alpha value is -2.60. The van der Waals surface area contributed by atoms with Gasteiger partial charge in [0.15, 0.2) is 11.5 Å². The Kier molecular flexibility index (Phi) is 7.63. The van der Waals surface area contributed by atoms with Crippen molar-refractivity contribution in [1.82, 2.24) is 15.2 Å². The summed E-state index contributed by atoms with van der Waals surface area (Å²) in [6.07, 6.45) is 8.96. The first-order chi connectivity index (χ1) is 15.6. The molecule has 1 aromatic carbocycles. The van der Waals surface area contributed by atoms with Gasteiger partial charge < -0.3 is 14.8 Å². The predicted octanol–water partition coefficient (Wildman–Crippen LogP) is 4.50. The van der Waals surface area contributed by atoms with Crippen molar-refractivity contribution in [2.75, 3.05) is 20.2 Å². The molecule has 1 aromatic heterocycles. The standard InChI is InChI=1S/C26H35N3O3/c1-19(30)28-26(23-9-5-6-14-27-23)21-12-15-29(16-13-21)18-20-10-11-24(25(17-20)31-2)32-22-7-3-4-8-22/h5-6,9-11,14,17,21-22,26H,3-4,7-8,12-13,15-16,18H2,1-2H3,(H,28,30). The van der Waals surface area contributed by atoms with E-state index in [0.717, 1.165) is 62.5 Å². The number of benzene rings is 1. The second-order valence-electron chi connectivity index (χ2n) is 9.06. The Morgan fingerprint density at radius 3 is 2.56 bits per heavy atom. The molecule has 172 valence electrons. The summed E-state index contributed by atoms with van der Waals surface area (Å²) in [6, 6.07) is 12.2. The first kappa shape index (κ1) is 22.6. The smallest absolute Gasteiger partial charge is 0.217 e. The molecule has 1 atom stereocenters. The van der Waals surface area contributed by atoms with Crippen molar-refractivity contribution >= 4 is 5.91 Å². The number of carbonyl (C=O) groups is 1. The summed E-state index contributed by atoms with van der Waals surface area (Å²) in [6.45, 7) is 4.46. The molecule has 1 aliphatic heterocycles. The lowest BCUT2D eigenvalue weighted by atomic mass is 9.87. The molecule has 4 rings (SSSR count). The Morgan fingerprint density at radius 2 is 1.91 bits per heavy atom. The van der Waals surface area contributed by atoms with E-state index in [1.807, 2.05) is 18.2 Å². The monoisotopic (exact) mass is 437 g/mol. The van der Waals surface area contributed by atoms with Gasteiger partial charge in [-0.3, -0.25) is 14.7 Å². The largest absolute Gasteiger partial charge is 0.493 e. The van der Waals surface area contributed by atoms with Crippen LogP contribution in [0, 0.1) is 5.92 Å². The maximum absolute atomic E-state index is 11.8. The van der Waals surface area contributed by atoms with Crippen LogP contribution in [-0.2, 0) is 11.3 Å². The third kappa shape index (κ3) is 5.80. The third-order valence-electron chi connectivity index (χ3n) is 6.70. The summed E-state index contributed by atoms with van der Waals surface area (Å²) in [5.74, 6) is 2.07. The third-order valence-corrected chi connectivity index (χ3v) is 6.70. The summed E-state index contributed by atoms with van der Waals surface area (Å²) < 4.78 is 11.8. The number of hydrogen-bond donors (Lipinski definition) is 1. The van der Waals surface area contributed by atoms with Crippen LogP contribution in [0.4, 0.5) is 0 Å². The number of likely N-dealkylation sites (tertiary alicyclic amines) is 1. The van der Waals surface area contributed by atoms with Gasteiger partial charge in [0.2, 0.25) is 5.91 Å². The second-order valence-corrected chi connectivity index (χ2v) is 9.06. The molecular formula is C26H35N3O3. The normalized spacial score (nSPS) is 18.9. The number of pyridine rings is 1. The first-order valence-electron chi connectivity index (χ1n) is 11.9. The van der Waals surface area contributed by atoms with Crippen LogP contribution in [0.25, 0.3) is 0 Å². The number of nitrogens with zero attached hydrogens (tertiary/aromatic N) is 2. The molecule has 32 heavy (non-hydrogen) atoms. The van der Waals surface area contributed by atoms with E-state index in [9.17, 15) is 4.79 Å². The lowest BCUT2D eigenvalue weighted by Gasteiger charge is -2.36. The van der Waals surface area contributed by atoms with Gasteiger partial charge >= 0.3 is 0 Å². The van der Waals surface area contributed by atoms with E-state index in [2.05, 4.69) is 33.4 Å². The fourth-order valence-corrected chi connectivity index (χ4v) is 5.01. The number of hydrogen-bond acceptors (Lipinski definition) is 5. The van der Waals surface area contributed by atoms with Crippen molar-refractivity contribution in [3.8, 4) is 11.5 Å². The Morgan fingerprint density at radius 1 is 1.12 bits per heavy atom. The van der Waals surface area contributed by atoms with E-state index < -0.39 is 0 Å². The number of piperidine rings is 1. The van der Waals surface area contributed by atoms with Crippen molar-refractivity contribution in [3.63, 3.8) is 0 Å². The molecule has 1 amide bonds. The maximum atomic E-state index is 11.8. The van der Waals surface area contributed by atoms with E-state index in [-0.39, 0.29) is 11.9 Å². The number of amides is 1. The van der Waals surface area contributed by atoms with Crippen molar-refractivity contribution in [1.29, 1.82) is 0 Å². The molecule has 1 N–H and O–H groups in total. The molecule has 2 heterocycles. The maximum Gasteiger partial charge on any atom is 0.217 e. The van der Waals surface area contributed by atoms with Gasteiger partial charge in [-0.05, 0) is 87.4 Å².